The summed E-state index contributed by atoms with van der Waals surface area (Å²) in [5.74, 6) is 0. The third-order valence-electron chi connectivity index (χ3n) is 1.91. The normalized spacial score (nSPS) is 11.5. The van der Waals surface area contributed by atoms with E-state index >= 15 is 0 Å². The molecule has 0 aliphatic carbocycles. The lowest BCUT2D eigenvalue weighted by Crippen LogP contribution is -1.87. The average molecular weight is 223 g/mol. The van der Waals surface area contributed by atoms with Crippen molar-refractivity contribution in [1.82, 2.24) is 0 Å². The summed E-state index contributed by atoms with van der Waals surface area (Å²) >= 11 is -2.13. The fourth-order valence-corrected chi connectivity index (χ4v) is 1.67. The molecule has 0 aliphatic rings. The van der Waals surface area contributed by atoms with Crippen molar-refractivity contribution >= 4 is 21.9 Å². The lowest BCUT2D eigenvalue weighted by Gasteiger charge is -2.05. The van der Waals surface area contributed by atoms with Crippen LogP contribution in [0.5, 0.6) is 0 Å². The van der Waals surface area contributed by atoms with Crippen LogP contribution >= 0.6 is 0 Å². The molecule has 2 aromatic carbocycles. The minimum Gasteiger partial charge on any atom is -0.768 e. The smallest absolute Gasteiger partial charge is 0.0255 e. The predicted octanol–water partition coefficient (Wildman–Crippen LogP) is 2.14. The summed E-state index contributed by atoms with van der Waals surface area (Å²) in [6.45, 7) is 0. The van der Waals surface area contributed by atoms with Crippen LogP contribution in [0.15, 0.2) is 47.4 Å². The molecule has 0 N–H and O–H groups in total. The van der Waals surface area contributed by atoms with Crippen molar-refractivity contribution < 1.29 is 8.76 Å². The van der Waals surface area contributed by atoms with Gasteiger partial charge in [0.05, 0.1) is 0 Å². The number of benzene rings is 2. The fraction of sp³-hybridized carbons (Fsp3) is 0. The van der Waals surface area contributed by atoms with Crippen LogP contribution in [-0.2, 0) is 11.1 Å². The van der Waals surface area contributed by atoms with Crippen LogP contribution < -0.4 is 0 Å². The van der Waals surface area contributed by atoms with Gasteiger partial charge in [-0.3, -0.25) is 4.21 Å². The second-order valence-corrected chi connectivity index (χ2v) is 3.68. The predicted molar refractivity (Wildman–Crippen MR) is 57.9 cm³/mol. The van der Waals surface area contributed by atoms with Crippen molar-refractivity contribution in [2.45, 2.75) is 4.90 Å². The maximum atomic E-state index is 10.6. The van der Waals surface area contributed by atoms with Crippen molar-refractivity contribution in [3.05, 3.63) is 52.4 Å². The first-order chi connectivity index (χ1) is 7.27. The summed E-state index contributed by atoms with van der Waals surface area (Å²) in [5.41, 5.74) is 0. The summed E-state index contributed by atoms with van der Waals surface area (Å²) in [6.07, 6.45) is 0. The molecule has 0 radical (unpaired) electrons. The third kappa shape index (κ3) is 2.68. The Hall–Kier alpha value is -1.59. The molecule has 0 heterocycles. The van der Waals surface area contributed by atoms with Crippen LogP contribution in [-0.4, -0.2) is 8.76 Å². The summed E-state index contributed by atoms with van der Waals surface area (Å²) < 4.78 is 21.3. The molecule has 2 rings (SSSR count). The molecule has 1 atom stereocenters. The highest BCUT2D eigenvalue weighted by Gasteiger charge is 1.94. The molecule has 1 unspecified atom stereocenters. The first-order valence-corrected chi connectivity index (χ1v) is 5.09. The Morgan fingerprint density at radius 3 is 2.13 bits per heavy atom. The Bertz CT molecular complexity index is 484. The monoisotopic (exact) mass is 223 g/mol. The van der Waals surface area contributed by atoms with Gasteiger partial charge in [-0.1, -0.05) is 30.3 Å². The minimum atomic E-state index is -2.13. The fourth-order valence-electron chi connectivity index (χ4n) is 1.27. The van der Waals surface area contributed by atoms with E-state index in [4.69, 9.17) is 9.93 Å². The first kappa shape index (κ1) is 11.5. The molecule has 0 aromatic heterocycles. The van der Waals surface area contributed by atoms with Gasteiger partial charge in [0.15, 0.2) is 0 Å². The zero-order valence-corrected chi connectivity index (χ0v) is 8.40. The molecular formula is C10H7O4S-. The van der Waals surface area contributed by atoms with Crippen molar-refractivity contribution in [1.29, 1.82) is 0 Å². The lowest BCUT2D eigenvalue weighted by molar-refractivity contribution is 0.537. The molecule has 0 saturated carbocycles. The molecule has 4 nitrogen and oxygen atoms in total. The van der Waals surface area contributed by atoms with Crippen LogP contribution in [0.4, 0.5) is 0 Å². The van der Waals surface area contributed by atoms with Gasteiger partial charge in [0, 0.05) is 14.8 Å². The van der Waals surface area contributed by atoms with E-state index in [1.54, 1.807) is 18.2 Å². The quantitative estimate of drug-likeness (QED) is 0.694. The van der Waals surface area contributed by atoms with Crippen LogP contribution in [0, 0.1) is 9.93 Å². The van der Waals surface area contributed by atoms with Gasteiger partial charge in [-0.2, -0.15) is 0 Å². The molecule has 15 heavy (non-hydrogen) atoms. The van der Waals surface area contributed by atoms with E-state index in [0.717, 1.165) is 10.8 Å². The Labute approximate surface area is 88.4 Å². The van der Waals surface area contributed by atoms with Gasteiger partial charge in [0.1, 0.15) is 0 Å². The van der Waals surface area contributed by atoms with E-state index in [1.807, 2.05) is 24.3 Å². The molecule has 0 saturated heterocycles. The highest BCUT2D eigenvalue weighted by molar-refractivity contribution is 7.79. The van der Waals surface area contributed by atoms with Crippen LogP contribution in [0.3, 0.4) is 0 Å². The Morgan fingerprint density at radius 1 is 0.933 bits per heavy atom. The summed E-state index contributed by atoms with van der Waals surface area (Å²) in [6, 6.07) is 12.7. The van der Waals surface area contributed by atoms with E-state index in [1.165, 1.54) is 0 Å². The molecule has 0 spiro atoms. The maximum absolute atomic E-state index is 10.6. The summed E-state index contributed by atoms with van der Waals surface area (Å²) in [7, 11) is 0. The van der Waals surface area contributed by atoms with Crippen molar-refractivity contribution in [2.24, 2.45) is 0 Å². The van der Waals surface area contributed by atoms with Gasteiger partial charge in [0.2, 0.25) is 0 Å². The molecule has 0 amide bonds. The van der Waals surface area contributed by atoms with E-state index in [2.05, 4.69) is 0 Å². The van der Waals surface area contributed by atoms with Crippen molar-refractivity contribution in [3.63, 3.8) is 0 Å². The topological polar surface area (TPSA) is 74.3 Å². The van der Waals surface area contributed by atoms with E-state index in [0.29, 0.717) is 4.90 Å². The highest BCUT2D eigenvalue weighted by atomic mass is 32.2. The highest BCUT2D eigenvalue weighted by Crippen LogP contribution is 2.16. The van der Waals surface area contributed by atoms with Gasteiger partial charge in [-0.25, -0.2) is 0 Å². The largest absolute Gasteiger partial charge is 0.768 e. The first-order valence-electron chi connectivity index (χ1n) is 4.02. The molecule has 78 valence electrons. The van der Waals surface area contributed by atoms with Gasteiger partial charge in [0.25, 0.3) is 0 Å². The molecule has 2 aromatic rings. The second-order valence-electron chi connectivity index (χ2n) is 2.74. The second kappa shape index (κ2) is 5.33. The standard InChI is InChI=1S/C10H8O2S.O2/c11-13(12)10-6-5-8-3-1-2-4-9(8)7-10;1-2/h1-7H,(H,11,12);/p-1. The van der Waals surface area contributed by atoms with E-state index in [9.17, 15) is 8.76 Å². The molecule has 0 fully saturated rings. The minimum absolute atomic E-state index is 0.332. The SMILES string of the molecule is O=O.O=S([O-])c1ccc2ccccc2c1. The zero-order chi connectivity index (χ0) is 11.3. The summed E-state index contributed by atoms with van der Waals surface area (Å²) in [4.78, 5) is 14.3. The number of hydrogen-bond acceptors (Lipinski definition) is 4. The van der Waals surface area contributed by atoms with Gasteiger partial charge >= 0.3 is 0 Å². The van der Waals surface area contributed by atoms with Gasteiger partial charge in [-0.05, 0) is 34.0 Å². The van der Waals surface area contributed by atoms with Crippen LogP contribution in [0.1, 0.15) is 0 Å². The summed E-state index contributed by atoms with van der Waals surface area (Å²) in [5, 5.41) is 2.00. The molecule has 0 aliphatic heterocycles. The van der Waals surface area contributed by atoms with E-state index < -0.39 is 11.1 Å². The van der Waals surface area contributed by atoms with Gasteiger partial charge in [-0.15, -0.1) is 0 Å². The third-order valence-corrected chi connectivity index (χ3v) is 2.55. The number of hydrogen-bond donors (Lipinski definition) is 0. The van der Waals surface area contributed by atoms with Crippen LogP contribution in [0.25, 0.3) is 10.8 Å². The number of rotatable bonds is 1. The van der Waals surface area contributed by atoms with Gasteiger partial charge < -0.3 is 4.55 Å². The van der Waals surface area contributed by atoms with E-state index in [-0.39, 0.29) is 0 Å². The maximum Gasteiger partial charge on any atom is 0.0255 e. The number of fused-ring (bicyclic) bond motifs is 1. The lowest BCUT2D eigenvalue weighted by atomic mass is 10.1. The molecule has 5 heteroatoms. The Morgan fingerprint density at radius 2 is 1.53 bits per heavy atom. The van der Waals surface area contributed by atoms with Crippen LogP contribution in [0.2, 0.25) is 0 Å². The molecule has 0 bridgehead atoms. The van der Waals surface area contributed by atoms with Crippen molar-refractivity contribution in [3.8, 4) is 0 Å². The molecular weight excluding hydrogens is 216 g/mol. The Kier molecular flexibility index (Phi) is 4.08. The zero-order valence-electron chi connectivity index (χ0n) is 7.58. The average Bonchev–Trinajstić information content (AvgIpc) is 2.31. The Balaban J connectivity index is 0.000000531. The van der Waals surface area contributed by atoms with Crippen molar-refractivity contribution in [2.75, 3.05) is 0 Å².